The summed E-state index contributed by atoms with van der Waals surface area (Å²) < 4.78 is 38.1. The Bertz CT molecular complexity index is 1100. The van der Waals surface area contributed by atoms with Crippen LogP contribution in [0.2, 0.25) is 0 Å². The Balaban J connectivity index is 2.13. The number of amides is 2. The Morgan fingerprint density at radius 3 is 2.32 bits per heavy atom. The maximum Gasteiger partial charge on any atom is 0.255 e. The zero-order chi connectivity index (χ0) is 25.3. The number of hydrogen-bond acceptors (Lipinski definition) is 6. The SMILES string of the molecule is CCN(CC)S(=O)(=O)c1ccc(OC(C)C)c(NC(=O)CCNC(=O)c2ccccc2OC)c1. The molecule has 0 aliphatic rings. The molecule has 10 heteroatoms. The van der Waals surface area contributed by atoms with Crippen molar-refractivity contribution in [3.05, 3.63) is 48.0 Å². The summed E-state index contributed by atoms with van der Waals surface area (Å²) in [4.78, 5) is 25.1. The summed E-state index contributed by atoms with van der Waals surface area (Å²) in [6, 6.07) is 11.2. The first-order chi connectivity index (χ1) is 16.1. The summed E-state index contributed by atoms with van der Waals surface area (Å²) in [6.45, 7) is 7.94. The highest BCUT2D eigenvalue weighted by Gasteiger charge is 2.23. The van der Waals surface area contributed by atoms with Gasteiger partial charge in [-0.25, -0.2) is 8.42 Å². The Hall–Kier alpha value is -3.11. The van der Waals surface area contributed by atoms with Gasteiger partial charge >= 0.3 is 0 Å². The normalized spacial score (nSPS) is 11.4. The molecular weight excluding hydrogens is 458 g/mol. The van der Waals surface area contributed by atoms with E-state index in [2.05, 4.69) is 10.6 Å². The number of para-hydroxylation sites is 1. The lowest BCUT2D eigenvalue weighted by atomic mass is 10.2. The molecule has 0 bridgehead atoms. The number of nitrogens with zero attached hydrogens (tertiary/aromatic N) is 1. The van der Waals surface area contributed by atoms with Crippen LogP contribution in [-0.4, -0.2) is 57.4 Å². The van der Waals surface area contributed by atoms with Gasteiger partial charge in [0.1, 0.15) is 11.5 Å². The van der Waals surface area contributed by atoms with Crippen molar-refractivity contribution < 1.29 is 27.5 Å². The quantitative estimate of drug-likeness (QED) is 0.471. The molecule has 2 aromatic rings. The molecule has 2 rings (SSSR count). The van der Waals surface area contributed by atoms with Crippen LogP contribution in [0.4, 0.5) is 5.69 Å². The molecule has 2 amide bonds. The number of sulfonamides is 1. The third kappa shape index (κ3) is 6.94. The van der Waals surface area contributed by atoms with Crippen molar-refractivity contribution in [3.63, 3.8) is 0 Å². The summed E-state index contributed by atoms with van der Waals surface area (Å²) in [7, 11) is -2.24. The van der Waals surface area contributed by atoms with E-state index in [1.54, 1.807) is 38.1 Å². The van der Waals surface area contributed by atoms with Gasteiger partial charge in [0.25, 0.3) is 5.91 Å². The van der Waals surface area contributed by atoms with Gasteiger partial charge in [0.2, 0.25) is 15.9 Å². The minimum atomic E-state index is -3.71. The maximum atomic E-state index is 12.9. The lowest BCUT2D eigenvalue weighted by Crippen LogP contribution is -2.30. The van der Waals surface area contributed by atoms with E-state index < -0.39 is 15.9 Å². The maximum absolute atomic E-state index is 12.9. The molecule has 0 radical (unpaired) electrons. The Morgan fingerprint density at radius 2 is 1.71 bits per heavy atom. The number of nitrogens with one attached hydrogen (secondary N) is 2. The Kier molecular flexibility index (Phi) is 9.88. The third-order valence-corrected chi connectivity index (χ3v) is 6.97. The van der Waals surface area contributed by atoms with Crippen LogP contribution in [0.25, 0.3) is 0 Å². The smallest absolute Gasteiger partial charge is 0.255 e. The first-order valence-corrected chi connectivity index (χ1v) is 12.6. The molecule has 0 heterocycles. The number of hydrogen-bond donors (Lipinski definition) is 2. The third-order valence-electron chi connectivity index (χ3n) is 4.92. The molecule has 0 aromatic heterocycles. The molecule has 2 aromatic carbocycles. The highest BCUT2D eigenvalue weighted by molar-refractivity contribution is 7.89. The number of rotatable bonds is 12. The minimum Gasteiger partial charge on any atom is -0.496 e. The van der Waals surface area contributed by atoms with Crippen molar-refractivity contribution in [2.45, 2.75) is 45.1 Å². The molecular formula is C24H33N3O6S. The van der Waals surface area contributed by atoms with Crippen LogP contribution >= 0.6 is 0 Å². The molecule has 0 aliphatic heterocycles. The zero-order valence-corrected chi connectivity index (χ0v) is 21.1. The van der Waals surface area contributed by atoms with Crippen molar-refractivity contribution in [1.29, 1.82) is 0 Å². The molecule has 0 saturated carbocycles. The highest BCUT2D eigenvalue weighted by atomic mass is 32.2. The van der Waals surface area contributed by atoms with E-state index in [4.69, 9.17) is 9.47 Å². The molecule has 2 N–H and O–H groups in total. The lowest BCUT2D eigenvalue weighted by Gasteiger charge is -2.20. The van der Waals surface area contributed by atoms with Crippen LogP contribution in [0.15, 0.2) is 47.4 Å². The van der Waals surface area contributed by atoms with Crippen LogP contribution in [-0.2, 0) is 14.8 Å². The molecule has 0 atom stereocenters. The summed E-state index contributed by atoms with van der Waals surface area (Å²) in [5, 5.41) is 5.41. The number of anilines is 1. The van der Waals surface area contributed by atoms with Gasteiger partial charge in [0.05, 0.1) is 29.4 Å². The number of carbonyl (C=O) groups excluding carboxylic acids is 2. The summed E-state index contributed by atoms with van der Waals surface area (Å²) in [6.07, 6.45) is -0.198. The predicted octanol–water partition coefficient (Wildman–Crippen LogP) is 3.27. The first kappa shape index (κ1) is 27.1. The van der Waals surface area contributed by atoms with Gasteiger partial charge < -0.3 is 20.1 Å². The van der Waals surface area contributed by atoms with Crippen LogP contribution in [0, 0.1) is 0 Å². The molecule has 0 spiro atoms. The van der Waals surface area contributed by atoms with E-state index in [9.17, 15) is 18.0 Å². The van der Waals surface area contributed by atoms with Crippen molar-refractivity contribution in [2.75, 3.05) is 32.1 Å². The first-order valence-electron chi connectivity index (χ1n) is 11.2. The van der Waals surface area contributed by atoms with Crippen LogP contribution < -0.4 is 20.1 Å². The second-order valence-electron chi connectivity index (χ2n) is 7.67. The van der Waals surface area contributed by atoms with E-state index in [0.29, 0.717) is 30.2 Å². The van der Waals surface area contributed by atoms with E-state index in [1.165, 1.54) is 29.6 Å². The van der Waals surface area contributed by atoms with Gasteiger partial charge in [-0.3, -0.25) is 9.59 Å². The molecule has 9 nitrogen and oxygen atoms in total. The van der Waals surface area contributed by atoms with Gasteiger partial charge in [0, 0.05) is 26.1 Å². The van der Waals surface area contributed by atoms with Crippen LogP contribution in [0.5, 0.6) is 11.5 Å². The van der Waals surface area contributed by atoms with E-state index in [0.717, 1.165) is 0 Å². The Morgan fingerprint density at radius 1 is 1.03 bits per heavy atom. The topological polar surface area (TPSA) is 114 Å². The molecule has 0 aliphatic carbocycles. The number of carbonyl (C=O) groups is 2. The summed E-state index contributed by atoms with van der Waals surface area (Å²) >= 11 is 0. The summed E-state index contributed by atoms with van der Waals surface area (Å²) in [5.41, 5.74) is 0.621. The van der Waals surface area contributed by atoms with Crippen LogP contribution in [0.3, 0.4) is 0 Å². The van der Waals surface area contributed by atoms with Crippen molar-refractivity contribution in [3.8, 4) is 11.5 Å². The molecule has 186 valence electrons. The largest absolute Gasteiger partial charge is 0.496 e. The molecule has 0 unspecified atom stereocenters. The van der Waals surface area contributed by atoms with Crippen molar-refractivity contribution in [2.24, 2.45) is 0 Å². The van der Waals surface area contributed by atoms with Gasteiger partial charge in [-0.1, -0.05) is 26.0 Å². The van der Waals surface area contributed by atoms with E-state index in [-0.39, 0.29) is 35.6 Å². The summed E-state index contributed by atoms with van der Waals surface area (Å²) in [5.74, 6) is 0.0405. The monoisotopic (exact) mass is 491 g/mol. The van der Waals surface area contributed by atoms with E-state index >= 15 is 0 Å². The predicted molar refractivity (Wildman–Crippen MR) is 131 cm³/mol. The Labute approximate surface area is 201 Å². The number of benzene rings is 2. The molecule has 0 fully saturated rings. The highest BCUT2D eigenvalue weighted by Crippen LogP contribution is 2.30. The standard InChI is InChI=1S/C24H33N3O6S/c1-6-27(7-2)34(30,31)18-12-13-22(33-17(3)4)20(16-18)26-23(28)14-15-25-24(29)19-10-8-9-11-21(19)32-5/h8-13,16-17H,6-7,14-15H2,1-5H3,(H,25,29)(H,26,28). The van der Waals surface area contributed by atoms with Crippen molar-refractivity contribution >= 4 is 27.5 Å². The average Bonchev–Trinajstić information content (AvgIpc) is 2.80. The van der Waals surface area contributed by atoms with Crippen LogP contribution in [0.1, 0.15) is 44.5 Å². The lowest BCUT2D eigenvalue weighted by molar-refractivity contribution is -0.116. The fourth-order valence-corrected chi connectivity index (χ4v) is 4.75. The second-order valence-corrected chi connectivity index (χ2v) is 9.61. The number of ether oxygens (including phenoxy) is 2. The number of methoxy groups -OCH3 is 1. The molecule has 0 saturated heterocycles. The van der Waals surface area contributed by atoms with Crippen molar-refractivity contribution in [1.82, 2.24) is 9.62 Å². The fraction of sp³-hybridized carbons (Fsp3) is 0.417. The minimum absolute atomic E-state index is 0.0188. The van der Waals surface area contributed by atoms with Gasteiger partial charge in [-0.05, 0) is 44.2 Å². The van der Waals surface area contributed by atoms with Gasteiger partial charge in [0.15, 0.2) is 0 Å². The average molecular weight is 492 g/mol. The van der Waals surface area contributed by atoms with Gasteiger partial charge in [-0.2, -0.15) is 4.31 Å². The zero-order valence-electron chi connectivity index (χ0n) is 20.3. The second kappa shape index (κ2) is 12.4. The fourth-order valence-electron chi connectivity index (χ4n) is 3.27. The molecule has 34 heavy (non-hydrogen) atoms. The van der Waals surface area contributed by atoms with E-state index in [1.807, 2.05) is 13.8 Å². The van der Waals surface area contributed by atoms with Gasteiger partial charge in [-0.15, -0.1) is 0 Å².